The molecule has 2 N–H and O–H groups in total. The normalized spacial score (nSPS) is 21.8. The number of carbonyl (C=O) groups is 2. The van der Waals surface area contributed by atoms with E-state index in [1.807, 2.05) is 36.4 Å². The van der Waals surface area contributed by atoms with Crippen molar-refractivity contribution in [3.8, 4) is 0 Å². The lowest BCUT2D eigenvalue weighted by Gasteiger charge is -2.55. The SMILES string of the molecule is CC(=O)NC[C@@H]1[C@@H](c2ccccc2)[C@H](CO)N1C(=O)Cc1cccnc1. The summed E-state index contributed by atoms with van der Waals surface area (Å²) in [5, 5.41) is 12.7. The molecule has 1 aliphatic heterocycles. The van der Waals surface area contributed by atoms with Gasteiger partial charge in [-0.05, 0) is 17.2 Å². The lowest BCUT2D eigenvalue weighted by Crippen LogP contribution is -2.68. The van der Waals surface area contributed by atoms with Crippen LogP contribution in [0.2, 0.25) is 0 Å². The van der Waals surface area contributed by atoms with Crippen molar-refractivity contribution < 1.29 is 14.7 Å². The molecular formula is C20H23N3O3. The zero-order valence-corrected chi connectivity index (χ0v) is 14.7. The smallest absolute Gasteiger partial charge is 0.227 e. The fourth-order valence-corrected chi connectivity index (χ4v) is 3.68. The first-order valence-corrected chi connectivity index (χ1v) is 8.72. The predicted octanol–water partition coefficient (Wildman–Crippen LogP) is 1.12. The van der Waals surface area contributed by atoms with Gasteiger partial charge in [0.25, 0.3) is 0 Å². The Labute approximate surface area is 152 Å². The molecule has 136 valence electrons. The average Bonchev–Trinajstić information content (AvgIpc) is 2.62. The first-order valence-electron chi connectivity index (χ1n) is 8.72. The van der Waals surface area contributed by atoms with Crippen LogP contribution in [0, 0.1) is 0 Å². The molecule has 2 amide bonds. The molecule has 0 radical (unpaired) electrons. The number of amides is 2. The van der Waals surface area contributed by atoms with Crippen LogP contribution in [0.25, 0.3) is 0 Å². The summed E-state index contributed by atoms with van der Waals surface area (Å²) >= 11 is 0. The lowest BCUT2D eigenvalue weighted by atomic mass is 9.74. The summed E-state index contributed by atoms with van der Waals surface area (Å²) < 4.78 is 0. The van der Waals surface area contributed by atoms with Gasteiger partial charge in [0.2, 0.25) is 11.8 Å². The Morgan fingerprint density at radius 1 is 1.15 bits per heavy atom. The minimum absolute atomic E-state index is 0.00843. The van der Waals surface area contributed by atoms with Crippen LogP contribution >= 0.6 is 0 Å². The Morgan fingerprint density at radius 2 is 1.92 bits per heavy atom. The van der Waals surface area contributed by atoms with E-state index in [0.29, 0.717) is 6.54 Å². The Balaban J connectivity index is 1.81. The van der Waals surface area contributed by atoms with Gasteiger partial charge in [0.1, 0.15) is 0 Å². The molecule has 2 heterocycles. The molecule has 1 aliphatic rings. The third-order valence-corrected chi connectivity index (χ3v) is 4.84. The van der Waals surface area contributed by atoms with Gasteiger partial charge in [-0.1, -0.05) is 36.4 Å². The molecule has 1 saturated heterocycles. The van der Waals surface area contributed by atoms with E-state index in [1.165, 1.54) is 6.92 Å². The number of aromatic nitrogens is 1. The Morgan fingerprint density at radius 3 is 2.54 bits per heavy atom. The molecule has 0 bridgehead atoms. The zero-order chi connectivity index (χ0) is 18.5. The molecule has 2 aromatic rings. The van der Waals surface area contributed by atoms with E-state index in [4.69, 9.17) is 0 Å². The van der Waals surface area contributed by atoms with Gasteiger partial charge in [0, 0.05) is 31.8 Å². The number of aliphatic hydroxyl groups excluding tert-OH is 1. The number of pyridine rings is 1. The van der Waals surface area contributed by atoms with Crippen molar-refractivity contribution in [2.75, 3.05) is 13.2 Å². The van der Waals surface area contributed by atoms with E-state index in [0.717, 1.165) is 11.1 Å². The van der Waals surface area contributed by atoms with Crippen molar-refractivity contribution in [1.29, 1.82) is 0 Å². The van der Waals surface area contributed by atoms with Gasteiger partial charge in [-0.25, -0.2) is 0 Å². The van der Waals surface area contributed by atoms with Crippen LogP contribution in [0.15, 0.2) is 54.9 Å². The second kappa shape index (κ2) is 8.10. The summed E-state index contributed by atoms with van der Waals surface area (Å²) in [6.45, 7) is 1.71. The van der Waals surface area contributed by atoms with Crippen LogP contribution in [0.1, 0.15) is 24.0 Å². The minimum Gasteiger partial charge on any atom is -0.394 e. The highest BCUT2D eigenvalue weighted by Gasteiger charge is 2.50. The largest absolute Gasteiger partial charge is 0.394 e. The number of carbonyl (C=O) groups excluding carboxylic acids is 2. The number of hydrogen-bond acceptors (Lipinski definition) is 4. The average molecular weight is 353 g/mol. The molecule has 0 spiro atoms. The van der Waals surface area contributed by atoms with E-state index >= 15 is 0 Å². The second-order valence-corrected chi connectivity index (χ2v) is 6.53. The maximum absolute atomic E-state index is 12.9. The monoisotopic (exact) mass is 353 g/mol. The molecule has 26 heavy (non-hydrogen) atoms. The van der Waals surface area contributed by atoms with Gasteiger partial charge in [-0.2, -0.15) is 0 Å². The third kappa shape index (κ3) is 3.75. The lowest BCUT2D eigenvalue weighted by molar-refractivity contribution is -0.150. The van der Waals surface area contributed by atoms with E-state index in [1.54, 1.807) is 23.4 Å². The topological polar surface area (TPSA) is 82.5 Å². The fraction of sp³-hybridized carbons (Fsp3) is 0.350. The number of rotatable bonds is 6. The van der Waals surface area contributed by atoms with E-state index in [9.17, 15) is 14.7 Å². The molecule has 6 nitrogen and oxygen atoms in total. The number of hydrogen-bond donors (Lipinski definition) is 2. The summed E-state index contributed by atoms with van der Waals surface area (Å²) in [6.07, 6.45) is 3.56. The number of likely N-dealkylation sites (tertiary alicyclic amines) is 1. The van der Waals surface area contributed by atoms with Crippen LogP contribution in [0.4, 0.5) is 0 Å². The number of nitrogens with one attached hydrogen (secondary N) is 1. The van der Waals surface area contributed by atoms with E-state index in [2.05, 4.69) is 10.3 Å². The fourth-order valence-electron chi connectivity index (χ4n) is 3.68. The molecule has 0 saturated carbocycles. The maximum atomic E-state index is 12.9. The van der Waals surface area contributed by atoms with Crippen molar-refractivity contribution in [3.05, 3.63) is 66.0 Å². The van der Waals surface area contributed by atoms with Gasteiger partial charge in [0.15, 0.2) is 0 Å². The summed E-state index contributed by atoms with van der Waals surface area (Å²) in [7, 11) is 0. The van der Waals surface area contributed by atoms with Crippen molar-refractivity contribution in [2.24, 2.45) is 0 Å². The van der Waals surface area contributed by atoms with E-state index in [-0.39, 0.29) is 42.8 Å². The highest BCUT2D eigenvalue weighted by molar-refractivity contribution is 5.81. The minimum atomic E-state index is -0.291. The summed E-state index contributed by atoms with van der Waals surface area (Å²) in [4.78, 5) is 30.0. The van der Waals surface area contributed by atoms with Crippen LogP contribution in [0.3, 0.4) is 0 Å². The van der Waals surface area contributed by atoms with Gasteiger partial charge in [-0.15, -0.1) is 0 Å². The van der Waals surface area contributed by atoms with Crippen LogP contribution in [-0.2, 0) is 16.0 Å². The van der Waals surface area contributed by atoms with Crippen molar-refractivity contribution >= 4 is 11.8 Å². The van der Waals surface area contributed by atoms with E-state index < -0.39 is 0 Å². The molecule has 1 aromatic heterocycles. The van der Waals surface area contributed by atoms with Crippen molar-refractivity contribution in [1.82, 2.24) is 15.2 Å². The summed E-state index contributed by atoms with van der Waals surface area (Å²) in [6, 6.07) is 13.0. The Hall–Kier alpha value is -2.73. The van der Waals surface area contributed by atoms with Crippen LogP contribution in [0.5, 0.6) is 0 Å². The molecule has 1 fully saturated rings. The number of benzene rings is 1. The Bertz CT molecular complexity index is 751. The van der Waals surface area contributed by atoms with Crippen molar-refractivity contribution in [3.63, 3.8) is 0 Å². The standard InChI is InChI=1S/C20H23N3O3/c1-14(25)22-12-17-20(16-7-3-2-4-8-16)18(13-24)23(17)19(26)10-15-6-5-9-21-11-15/h2-9,11,17-18,20,24H,10,12-13H2,1H3,(H,22,25)/t17-,18+,20-/m1/s1. The highest BCUT2D eigenvalue weighted by Crippen LogP contribution is 2.40. The van der Waals surface area contributed by atoms with Crippen LogP contribution < -0.4 is 5.32 Å². The first kappa shape index (κ1) is 18.1. The predicted molar refractivity (Wildman–Crippen MR) is 97.3 cm³/mol. The zero-order valence-electron chi connectivity index (χ0n) is 14.7. The van der Waals surface area contributed by atoms with Crippen molar-refractivity contribution in [2.45, 2.75) is 31.3 Å². The molecular weight excluding hydrogens is 330 g/mol. The third-order valence-electron chi connectivity index (χ3n) is 4.84. The van der Waals surface area contributed by atoms with Gasteiger partial charge >= 0.3 is 0 Å². The molecule has 3 atom stereocenters. The highest BCUT2D eigenvalue weighted by atomic mass is 16.3. The first-order chi connectivity index (χ1) is 12.6. The molecule has 3 rings (SSSR count). The quantitative estimate of drug-likeness (QED) is 0.815. The van der Waals surface area contributed by atoms with Gasteiger partial charge < -0.3 is 15.3 Å². The molecule has 0 aliphatic carbocycles. The Kier molecular flexibility index (Phi) is 5.63. The maximum Gasteiger partial charge on any atom is 0.227 e. The molecule has 1 aromatic carbocycles. The molecule has 6 heteroatoms. The van der Waals surface area contributed by atoms with Crippen LogP contribution in [-0.4, -0.2) is 52.0 Å². The summed E-state index contributed by atoms with van der Waals surface area (Å²) in [5.74, 6) is -0.214. The number of nitrogens with zero attached hydrogens (tertiary/aromatic N) is 2. The molecule has 0 unspecified atom stereocenters. The van der Waals surface area contributed by atoms with Gasteiger partial charge in [-0.3, -0.25) is 14.6 Å². The number of aliphatic hydroxyl groups is 1. The second-order valence-electron chi connectivity index (χ2n) is 6.53. The van der Waals surface area contributed by atoms with Gasteiger partial charge in [0.05, 0.1) is 25.1 Å². The summed E-state index contributed by atoms with van der Waals surface area (Å²) in [5.41, 5.74) is 1.89.